The molecular weight excluding hydrogens is 216 g/mol. The molecule has 0 aromatic heterocycles. The minimum Gasteiger partial charge on any atom is -0.480 e. The zero-order valence-electron chi connectivity index (χ0n) is 10.9. The van der Waals surface area contributed by atoms with Crippen LogP contribution >= 0.6 is 0 Å². The van der Waals surface area contributed by atoms with Gasteiger partial charge in [-0.25, -0.2) is 0 Å². The molecular formula is C13H24N2O2. The molecule has 2 saturated heterocycles. The largest absolute Gasteiger partial charge is 0.480 e. The van der Waals surface area contributed by atoms with E-state index in [1.807, 2.05) is 0 Å². The van der Waals surface area contributed by atoms with Crippen LogP contribution in [-0.2, 0) is 4.79 Å². The first-order chi connectivity index (χ1) is 8.08. The summed E-state index contributed by atoms with van der Waals surface area (Å²) in [5.41, 5.74) is 0. The van der Waals surface area contributed by atoms with E-state index in [1.54, 1.807) is 0 Å². The molecule has 0 spiro atoms. The maximum absolute atomic E-state index is 10.9. The Morgan fingerprint density at radius 3 is 2.88 bits per heavy atom. The minimum absolute atomic E-state index is 0.311. The summed E-state index contributed by atoms with van der Waals surface area (Å²) in [6.45, 7) is 6.60. The predicted octanol–water partition coefficient (Wildman–Crippen LogP) is 1.31. The van der Waals surface area contributed by atoms with Crippen molar-refractivity contribution in [2.24, 2.45) is 5.92 Å². The Hall–Kier alpha value is -0.610. The van der Waals surface area contributed by atoms with Crippen LogP contribution < -0.4 is 5.32 Å². The van der Waals surface area contributed by atoms with Crippen LogP contribution in [-0.4, -0.2) is 47.2 Å². The third-order valence-corrected chi connectivity index (χ3v) is 4.21. The van der Waals surface area contributed by atoms with Gasteiger partial charge in [-0.15, -0.1) is 0 Å². The zero-order chi connectivity index (χ0) is 12.4. The lowest BCUT2D eigenvalue weighted by molar-refractivity contribution is -0.139. The monoisotopic (exact) mass is 240 g/mol. The van der Waals surface area contributed by atoms with Crippen molar-refractivity contribution >= 4 is 5.97 Å². The number of carbonyl (C=O) groups is 1. The second kappa shape index (κ2) is 5.36. The summed E-state index contributed by atoms with van der Waals surface area (Å²) < 4.78 is 0. The van der Waals surface area contributed by atoms with Gasteiger partial charge in [-0.3, -0.25) is 9.69 Å². The molecule has 0 bridgehead atoms. The maximum atomic E-state index is 10.9. The molecule has 0 aliphatic carbocycles. The van der Waals surface area contributed by atoms with Crippen LogP contribution in [0, 0.1) is 5.92 Å². The van der Waals surface area contributed by atoms with Crippen LogP contribution in [0.1, 0.15) is 39.5 Å². The smallest absolute Gasteiger partial charge is 0.320 e. The van der Waals surface area contributed by atoms with Crippen molar-refractivity contribution in [2.45, 2.75) is 57.7 Å². The number of aliphatic carboxylic acids is 1. The van der Waals surface area contributed by atoms with E-state index in [0.29, 0.717) is 18.0 Å². The normalized spacial score (nSPS) is 34.6. The Balaban J connectivity index is 1.83. The first-order valence-electron chi connectivity index (χ1n) is 6.80. The molecule has 0 amide bonds. The Morgan fingerprint density at radius 1 is 1.53 bits per heavy atom. The van der Waals surface area contributed by atoms with Crippen LogP contribution in [0.25, 0.3) is 0 Å². The van der Waals surface area contributed by atoms with E-state index in [4.69, 9.17) is 5.11 Å². The highest BCUT2D eigenvalue weighted by Crippen LogP contribution is 2.28. The van der Waals surface area contributed by atoms with E-state index < -0.39 is 5.97 Å². The summed E-state index contributed by atoms with van der Waals surface area (Å²) in [5.74, 6) is -0.153. The molecule has 2 aliphatic heterocycles. The van der Waals surface area contributed by atoms with Gasteiger partial charge < -0.3 is 10.4 Å². The number of likely N-dealkylation sites (tertiary alicyclic amines) is 1. The van der Waals surface area contributed by atoms with E-state index in [2.05, 4.69) is 24.1 Å². The highest BCUT2D eigenvalue weighted by Gasteiger charge is 2.34. The van der Waals surface area contributed by atoms with Crippen molar-refractivity contribution in [1.82, 2.24) is 10.2 Å². The second-order valence-corrected chi connectivity index (χ2v) is 5.76. The molecule has 2 N–H and O–H groups in total. The molecule has 2 heterocycles. The van der Waals surface area contributed by atoms with Crippen LogP contribution in [0.2, 0.25) is 0 Å². The van der Waals surface area contributed by atoms with Crippen LogP contribution in [0.15, 0.2) is 0 Å². The summed E-state index contributed by atoms with van der Waals surface area (Å²) in [6.07, 6.45) is 4.55. The molecule has 0 aromatic rings. The fourth-order valence-electron chi connectivity index (χ4n) is 3.35. The summed E-state index contributed by atoms with van der Waals surface area (Å²) in [4.78, 5) is 13.5. The van der Waals surface area contributed by atoms with Crippen molar-refractivity contribution in [2.75, 3.05) is 13.1 Å². The van der Waals surface area contributed by atoms with E-state index >= 15 is 0 Å². The van der Waals surface area contributed by atoms with Gasteiger partial charge in [0.25, 0.3) is 0 Å². The Kier molecular flexibility index (Phi) is 4.05. The van der Waals surface area contributed by atoms with Gasteiger partial charge in [-0.05, 0) is 58.5 Å². The average molecular weight is 240 g/mol. The Bertz CT molecular complexity index is 281. The quantitative estimate of drug-likeness (QED) is 0.778. The molecule has 98 valence electrons. The van der Waals surface area contributed by atoms with Gasteiger partial charge in [0, 0.05) is 12.1 Å². The third kappa shape index (κ3) is 2.99. The molecule has 2 rings (SSSR count). The predicted molar refractivity (Wildman–Crippen MR) is 67.0 cm³/mol. The van der Waals surface area contributed by atoms with E-state index in [0.717, 1.165) is 19.4 Å². The second-order valence-electron chi connectivity index (χ2n) is 5.76. The SMILES string of the molecule is CC(C)N1CCCC1CC1CNC(C(=O)O)C1. The number of hydrogen-bond donors (Lipinski definition) is 2. The number of hydrogen-bond acceptors (Lipinski definition) is 3. The molecule has 3 unspecified atom stereocenters. The molecule has 0 saturated carbocycles. The first kappa shape index (κ1) is 12.8. The Labute approximate surface area is 103 Å². The highest BCUT2D eigenvalue weighted by molar-refractivity contribution is 5.73. The lowest BCUT2D eigenvalue weighted by Gasteiger charge is -2.29. The summed E-state index contributed by atoms with van der Waals surface area (Å²) in [5, 5.41) is 12.1. The Morgan fingerprint density at radius 2 is 2.29 bits per heavy atom. The highest BCUT2D eigenvalue weighted by atomic mass is 16.4. The van der Waals surface area contributed by atoms with Gasteiger partial charge in [0.1, 0.15) is 6.04 Å². The van der Waals surface area contributed by atoms with Gasteiger partial charge in [0.15, 0.2) is 0 Å². The lowest BCUT2D eigenvalue weighted by Crippen LogP contribution is -2.36. The molecule has 2 fully saturated rings. The number of rotatable bonds is 4. The van der Waals surface area contributed by atoms with Gasteiger partial charge in [-0.2, -0.15) is 0 Å². The summed E-state index contributed by atoms with van der Waals surface area (Å²) in [7, 11) is 0. The molecule has 17 heavy (non-hydrogen) atoms. The van der Waals surface area contributed by atoms with Crippen molar-refractivity contribution in [3.8, 4) is 0 Å². The van der Waals surface area contributed by atoms with Crippen molar-refractivity contribution < 1.29 is 9.90 Å². The van der Waals surface area contributed by atoms with Gasteiger partial charge in [0.2, 0.25) is 0 Å². The number of carboxylic acids is 1. The topological polar surface area (TPSA) is 52.6 Å². The fourth-order valence-corrected chi connectivity index (χ4v) is 3.35. The van der Waals surface area contributed by atoms with Crippen LogP contribution in [0.5, 0.6) is 0 Å². The van der Waals surface area contributed by atoms with Gasteiger partial charge >= 0.3 is 5.97 Å². The minimum atomic E-state index is -0.695. The molecule has 4 heteroatoms. The number of carboxylic acid groups (broad SMARTS) is 1. The van der Waals surface area contributed by atoms with Gasteiger partial charge in [-0.1, -0.05) is 0 Å². The van der Waals surface area contributed by atoms with Gasteiger partial charge in [0.05, 0.1) is 0 Å². The molecule has 0 radical (unpaired) electrons. The zero-order valence-corrected chi connectivity index (χ0v) is 10.9. The molecule has 0 aromatic carbocycles. The van der Waals surface area contributed by atoms with Crippen LogP contribution in [0.3, 0.4) is 0 Å². The van der Waals surface area contributed by atoms with E-state index in [1.165, 1.54) is 19.4 Å². The number of nitrogens with zero attached hydrogens (tertiary/aromatic N) is 1. The van der Waals surface area contributed by atoms with Crippen molar-refractivity contribution in [3.63, 3.8) is 0 Å². The van der Waals surface area contributed by atoms with E-state index in [-0.39, 0.29) is 6.04 Å². The fraction of sp³-hybridized carbons (Fsp3) is 0.923. The van der Waals surface area contributed by atoms with Crippen LogP contribution in [0.4, 0.5) is 0 Å². The maximum Gasteiger partial charge on any atom is 0.320 e. The lowest BCUT2D eigenvalue weighted by atomic mass is 9.95. The average Bonchev–Trinajstić information content (AvgIpc) is 2.86. The summed E-state index contributed by atoms with van der Waals surface area (Å²) >= 11 is 0. The summed E-state index contributed by atoms with van der Waals surface area (Å²) in [6, 6.07) is 0.982. The molecule has 3 atom stereocenters. The first-order valence-corrected chi connectivity index (χ1v) is 6.80. The van der Waals surface area contributed by atoms with Crippen molar-refractivity contribution in [1.29, 1.82) is 0 Å². The van der Waals surface area contributed by atoms with Crippen molar-refractivity contribution in [3.05, 3.63) is 0 Å². The molecule has 4 nitrogen and oxygen atoms in total. The standard InChI is InChI=1S/C13H24N2O2/c1-9(2)15-5-3-4-11(15)6-10-7-12(13(16)17)14-8-10/h9-12,14H,3-8H2,1-2H3,(H,16,17). The van der Waals surface area contributed by atoms with E-state index in [9.17, 15) is 4.79 Å². The number of nitrogens with one attached hydrogen (secondary N) is 1. The third-order valence-electron chi connectivity index (χ3n) is 4.21. The molecule has 2 aliphatic rings.